The maximum Gasteiger partial charge on any atom is 0.134 e. The lowest BCUT2D eigenvalue weighted by atomic mass is 10.1. The van der Waals surface area contributed by atoms with Crippen molar-refractivity contribution < 1.29 is 4.42 Å². The van der Waals surface area contributed by atoms with Crippen molar-refractivity contribution in [1.82, 2.24) is 5.32 Å². The van der Waals surface area contributed by atoms with Gasteiger partial charge in [-0.15, -0.1) is 0 Å². The zero-order valence-electron chi connectivity index (χ0n) is 9.79. The Morgan fingerprint density at radius 3 is 2.88 bits per heavy atom. The van der Waals surface area contributed by atoms with Crippen molar-refractivity contribution in [3.63, 3.8) is 0 Å². The molecule has 2 rings (SSSR count). The molecule has 3 N–H and O–H groups in total. The molecule has 0 radical (unpaired) electrons. The molecule has 0 fully saturated rings. The lowest BCUT2D eigenvalue weighted by Gasteiger charge is -2.06. The topological polar surface area (TPSA) is 51.2 Å². The first-order valence-corrected chi connectivity index (χ1v) is 5.63. The molecule has 2 aromatic rings. The maximum atomic E-state index is 5.64. The van der Waals surface area contributed by atoms with E-state index in [1.807, 2.05) is 18.4 Å². The Labute approximate surface area is 95.6 Å². The fourth-order valence-corrected chi connectivity index (χ4v) is 1.71. The predicted molar refractivity (Wildman–Crippen MR) is 66.1 cm³/mol. The molecular weight excluding hydrogens is 200 g/mol. The first-order chi connectivity index (χ1) is 7.70. The van der Waals surface area contributed by atoms with E-state index in [0.717, 1.165) is 23.1 Å². The van der Waals surface area contributed by atoms with Crippen LogP contribution >= 0.6 is 0 Å². The molecule has 0 bridgehead atoms. The Balaban J connectivity index is 2.30. The molecule has 0 amide bonds. The lowest BCUT2D eigenvalue weighted by molar-refractivity contribution is 0.572. The molecular formula is C13H18N2O. The third kappa shape index (κ3) is 2.26. The van der Waals surface area contributed by atoms with Crippen molar-refractivity contribution in [2.75, 3.05) is 0 Å². The number of hydrogen-bond donors (Lipinski definition) is 2. The van der Waals surface area contributed by atoms with Gasteiger partial charge in [-0.25, -0.2) is 0 Å². The van der Waals surface area contributed by atoms with E-state index in [2.05, 4.69) is 25.2 Å². The number of hydrogen-bond acceptors (Lipinski definition) is 3. The van der Waals surface area contributed by atoms with Gasteiger partial charge in [0.2, 0.25) is 0 Å². The van der Waals surface area contributed by atoms with Crippen molar-refractivity contribution in [1.29, 1.82) is 0 Å². The molecule has 0 aliphatic heterocycles. The second-order valence-corrected chi connectivity index (χ2v) is 4.33. The largest absolute Gasteiger partial charge is 0.464 e. The Bertz CT molecular complexity index is 474. The summed E-state index contributed by atoms with van der Waals surface area (Å²) in [5, 5.41) is 4.55. The van der Waals surface area contributed by atoms with Gasteiger partial charge < -0.3 is 15.5 Å². The number of fused-ring (bicyclic) bond motifs is 1. The minimum absolute atomic E-state index is 0.475. The van der Waals surface area contributed by atoms with Gasteiger partial charge >= 0.3 is 0 Å². The van der Waals surface area contributed by atoms with E-state index < -0.39 is 0 Å². The summed E-state index contributed by atoms with van der Waals surface area (Å²) in [5.41, 5.74) is 8.90. The van der Waals surface area contributed by atoms with Crippen molar-refractivity contribution in [3.8, 4) is 0 Å². The molecule has 0 unspecified atom stereocenters. The van der Waals surface area contributed by atoms with Crippen LogP contribution in [0.25, 0.3) is 11.0 Å². The van der Waals surface area contributed by atoms with E-state index in [0.29, 0.717) is 12.6 Å². The van der Waals surface area contributed by atoms with Gasteiger partial charge in [0.25, 0.3) is 0 Å². The molecule has 1 heterocycles. The number of nitrogens with two attached hydrogens (primary N) is 1. The highest BCUT2D eigenvalue weighted by Gasteiger charge is 2.06. The van der Waals surface area contributed by atoms with Crippen LogP contribution in [-0.4, -0.2) is 6.04 Å². The molecule has 0 saturated carbocycles. The average molecular weight is 218 g/mol. The molecule has 0 saturated heterocycles. The van der Waals surface area contributed by atoms with Crippen LogP contribution in [-0.2, 0) is 13.1 Å². The van der Waals surface area contributed by atoms with Crippen molar-refractivity contribution in [3.05, 3.63) is 35.6 Å². The summed E-state index contributed by atoms with van der Waals surface area (Å²) in [5.74, 6) is 0. The monoisotopic (exact) mass is 218 g/mol. The van der Waals surface area contributed by atoms with Crippen molar-refractivity contribution in [2.45, 2.75) is 33.0 Å². The van der Waals surface area contributed by atoms with E-state index in [9.17, 15) is 0 Å². The molecule has 1 aromatic carbocycles. The SMILES string of the molecule is CC(C)NCc1coc2ccc(CN)cc12. The number of benzene rings is 1. The summed E-state index contributed by atoms with van der Waals surface area (Å²) < 4.78 is 5.50. The first kappa shape index (κ1) is 11.2. The minimum atomic E-state index is 0.475. The summed E-state index contributed by atoms with van der Waals surface area (Å²) in [6.45, 7) is 5.66. The number of nitrogens with one attached hydrogen (secondary N) is 1. The Morgan fingerprint density at radius 1 is 1.38 bits per heavy atom. The van der Waals surface area contributed by atoms with E-state index in [4.69, 9.17) is 10.2 Å². The number of rotatable bonds is 4. The van der Waals surface area contributed by atoms with Crippen LogP contribution in [0, 0.1) is 0 Å². The fraction of sp³-hybridized carbons (Fsp3) is 0.385. The summed E-state index contributed by atoms with van der Waals surface area (Å²) >= 11 is 0. The second kappa shape index (κ2) is 4.68. The van der Waals surface area contributed by atoms with Crippen LogP contribution in [0.5, 0.6) is 0 Å². The van der Waals surface area contributed by atoms with Crippen LogP contribution < -0.4 is 11.1 Å². The van der Waals surface area contributed by atoms with Gasteiger partial charge in [0, 0.05) is 30.1 Å². The molecule has 0 aliphatic carbocycles. The summed E-state index contributed by atoms with van der Waals surface area (Å²) in [4.78, 5) is 0. The fourth-order valence-electron chi connectivity index (χ4n) is 1.71. The average Bonchev–Trinajstić information content (AvgIpc) is 2.68. The molecule has 3 nitrogen and oxygen atoms in total. The van der Waals surface area contributed by atoms with E-state index in [1.54, 1.807) is 0 Å². The molecule has 3 heteroatoms. The van der Waals surface area contributed by atoms with E-state index in [1.165, 1.54) is 5.56 Å². The Kier molecular flexibility index (Phi) is 3.27. The van der Waals surface area contributed by atoms with Gasteiger partial charge in [-0.05, 0) is 17.7 Å². The van der Waals surface area contributed by atoms with Gasteiger partial charge in [-0.3, -0.25) is 0 Å². The highest BCUT2D eigenvalue weighted by molar-refractivity contribution is 5.81. The van der Waals surface area contributed by atoms with E-state index in [-0.39, 0.29) is 0 Å². The summed E-state index contributed by atoms with van der Waals surface area (Å²) in [7, 11) is 0. The van der Waals surface area contributed by atoms with Gasteiger partial charge in [-0.2, -0.15) is 0 Å². The third-order valence-corrected chi connectivity index (χ3v) is 2.65. The van der Waals surface area contributed by atoms with Crippen molar-refractivity contribution >= 4 is 11.0 Å². The van der Waals surface area contributed by atoms with Crippen LogP contribution in [0.4, 0.5) is 0 Å². The van der Waals surface area contributed by atoms with Gasteiger partial charge in [0.05, 0.1) is 6.26 Å². The lowest BCUT2D eigenvalue weighted by Crippen LogP contribution is -2.21. The molecule has 0 spiro atoms. The molecule has 0 aliphatic rings. The number of furan rings is 1. The second-order valence-electron chi connectivity index (χ2n) is 4.33. The molecule has 1 aromatic heterocycles. The third-order valence-electron chi connectivity index (χ3n) is 2.65. The van der Waals surface area contributed by atoms with Crippen molar-refractivity contribution in [2.24, 2.45) is 5.73 Å². The first-order valence-electron chi connectivity index (χ1n) is 5.63. The molecule has 16 heavy (non-hydrogen) atoms. The van der Waals surface area contributed by atoms with E-state index >= 15 is 0 Å². The predicted octanol–water partition coefficient (Wildman–Crippen LogP) is 2.39. The quantitative estimate of drug-likeness (QED) is 0.828. The Morgan fingerprint density at radius 2 is 2.19 bits per heavy atom. The van der Waals surface area contributed by atoms with Gasteiger partial charge in [0.15, 0.2) is 0 Å². The zero-order valence-corrected chi connectivity index (χ0v) is 9.79. The smallest absolute Gasteiger partial charge is 0.134 e. The van der Waals surface area contributed by atoms with Crippen LogP contribution in [0.15, 0.2) is 28.9 Å². The standard InChI is InChI=1S/C13H18N2O/c1-9(2)15-7-11-8-16-13-4-3-10(6-14)5-12(11)13/h3-5,8-9,15H,6-7,14H2,1-2H3. The maximum absolute atomic E-state index is 5.64. The van der Waals surface area contributed by atoms with Crippen LogP contribution in [0.3, 0.4) is 0 Å². The summed E-state index contributed by atoms with van der Waals surface area (Å²) in [6, 6.07) is 6.57. The highest BCUT2D eigenvalue weighted by atomic mass is 16.3. The highest BCUT2D eigenvalue weighted by Crippen LogP contribution is 2.22. The normalized spacial score (nSPS) is 11.5. The van der Waals surface area contributed by atoms with Crippen LogP contribution in [0.1, 0.15) is 25.0 Å². The van der Waals surface area contributed by atoms with Crippen LogP contribution in [0.2, 0.25) is 0 Å². The molecule has 0 atom stereocenters. The van der Waals surface area contributed by atoms with Gasteiger partial charge in [-0.1, -0.05) is 19.9 Å². The zero-order chi connectivity index (χ0) is 11.5. The van der Waals surface area contributed by atoms with Gasteiger partial charge in [0.1, 0.15) is 5.58 Å². The summed E-state index contributed by atoms with van der Waals surface area (Å²) in [6.07, 6.45) is 1.82. The Hall–Kier alpha value is -1.32. The minimum Gasteiger partial charge on any atom is -0.464 e. The molecule has 86 valence electrons.